The van der Waals surface area contributed by atoms with E-state index in [1.807, 2.05) is 4.90 Å². The summed E-state index contributed by atoms with van der Waals surface area (Å²) in [6.07, 6.45) is 1.41. The minimum atomic E-state index is -0.148. The maximum atomic E-state index is 12.5. The molecule has 2 heterocycles. The van der Waals surface area contributed by atoms with Crippen LogP contribution in [0.25, 0.3) is 0 Å². The molecule has 2 fully saturated rings. The highest BCUT2D eigenvalue weighted by molar-refractivity contribution is 5.97. The Morgan fingerprint density at radius 3 is 2.95 bits per heavy atom. The lowest BCUT2D eigenvalue weighted by Gasteiger charge is -2.37. The molecule has 2 saturated heterocycles. The first-order valence-electron chi connectivity index (χ1n) is 6.95. The maximum absolute atomic E-state index is 12.5. The largest absolute Gasteiger partial charge is 0.507 e. The van der Waals surface area contributed by atoms with E-state index in [9.17, 15) is 14.7 Å². The van der Waals surface area contributed by atoms with Gasteiger partial charge in [-0.1, -0.05) is 12.1 Å². The molecule has 0 saturated carbocycles. The molecule has 0 aliphatic carbocycles. The van der Waals surface area contributed by atoms with Gasteiger partial charge in [-0.25, -0.2) is 0 Å². The van der Waals surface area contributed by atoms with Crippen LogP contribution in [-0.4, -0.2) is 52.4 Å². The van der Waals surface area contributed by atoms with E-state index >= 15 is 0 Å². The normalized spacial score (nSPS) is 22.1. The van der Waals surface area contributed by atoms with Crippen LogP contribution in [0.1, 0.15) is 28.8 Å². The van der Waals surface area contributed by atoms with Gasteiger partial charge in [0.05, 0.1) is 5.56 Å². The van der Waals surface area contributed by atoms with Gasteiger partial charge in [-0.05, 0) is 25.0 Å². The molecule has 1 N–H and O–H groups in total. The minimum absolute atomic E-state index is 0.0578. The van der Waals surface area contributed by atoms with Crippen molar-refractivity contribution in [3.63, 3.8) is 0 Å². The molecule has 2 aliphatic rings. The van der Waals surface area contributed by atoms with Crippen LogP contribution in [0, 0.1) is 6.92 Å². The van der Waals surface area contributed by atoms with Crippen LogP contribution in [0.2, 0.25) is 0 Å². The number of hydrogen-bond acceptors (Lipinski definition) is 3. The first-order valence-corrected chi connectivity index (χ1v) is 6.95. The standard InChI is InChI=1S/C15H18N2O3/c1-10-3-2-4-12(14(10)19)15(20)16-7-8-17-11(9-16)5-6-13(17)18/h2-4,11,19H,5-9H2,1H3/t11-/m1/s1. The zero-order chi connectivity index (χ0) is 14.3. The minimum Gasteiger partial charge on any atom is -0.507 e. The van der Waals surface area contributed by atoms with Crippen molar-refractivity contribution in [2.45, 2.75) is 25.8 Å². The summed E-state index contributed by atoms with van der Waals surface area (Å²) in [6.45, 7) is 3.48. The van der Waals surface area contributed by atoms with Crippen molar-refractivity contribution in [3.05, 3.63) is 29.3 Å². The van der Waals surface area contributed by atoms with E-state index in [-0.39, 0.29) is 23.6 Å². The fraction of sp³-hybridized carbons (Fsp3) is 0.467. The average Bonchev–Trinajstić information content (AvgIpc) is 2.82. The van der Waals surface area contributed by atoms with Gasteiger partial charge in [-0.3, -0.25) is 9.59 Å². The van der Waals surface area contributed by atoms with Crippen molar-refractivity contribution in [3.8, 4) is 5.75 Å². The van der Waals surface area contributed by atoms with E-state index in [0.717, 1.165) is 6.42 Å². The molecule has 1 aromatic rings. The smallest absolute Gasteiger partial charge is 0.257 e. The number of fused-ring (bicyclic) bond motifs is 1. The summed E-state index contributed by atoms with van der Waals surface area (Å²) < 4.78 is 0. The second kappa shape index (κ2) is 4.81. The number of carbonyl (C=O) groups excluding carboxylic acids is 2. The van der Waals surface area contributed by atoms with E-state index in [2.05, 4.69) is 0 Å². The maximum Gasteiger partial charge on any atom is 0.257 e. The second-order valence-electron chi connectivity index (χ2n) is 5.50. The number of nitrogens with zero attached hydrogens (tertiary/aromatic N) is 2. The molecule has 1 aromatic carbocycles. The summed E-state index contributed by atoms with van der Waals surface area (Å²) in [5.41, 5.74) is 1.05. The molecule has 20 heavy (non-hydrogen) atoms. The van der Waals surface area contributed by atoms with Gasteiger partial charge in [0.25, 0.3) is 5.91 Å². The van der Waals surface area contributed by atoms with Gasteiger partial charge in [-0.15, -0.1) is 0 Å². The number of piperazine rings is 1. The lowest BCUT2D eigenvalue weighted by atomic mass is 10.1. The summed E-state index contributed by atoms with van der Waals surface area (Å²) in [6, 6.07) is 5.35. The molecule has 1 atom stereocenters. The number of rotatable bonds is 1. The number of hydrogen-bond donors (Lipinski definition) is 1. The lowest BCUT2D eigenvalue weighted by molar-refractivity contribution is -0.130. The molecule has 0 bridgehead atoms. The van der Waals surface area contributed by atoms with Crippen molar-refractivity contribution >= 4 is 11.8 Å². The van der Waals surface area contributed by atoms with Crippen LogP contribution in [0.5, 0.6) is 5.75 Å². The highest BCUT2D eigenvalue weighted by Gasteiger charge is 2.37. The molecule has 0 aromatic heterocycles. The quantitative estimate of drug-likeness (QED) is 0.835. The third-order valence-corrected chi connectivity index (χ3v) is 4.25. The molecule has 2 amide bonds. The highest BCUT2D eigenvalue weighted by Crippen LogP contribution is 2.27. The molecule has 5 heteroatoms. The number of aryl methyl sites for hydroxylation is 1. The highest BCUT2D eigenvalue weighted by atomic mass is 16.3. The summed E-state index contributed by atoms with van der Waals surface area (Å²) >= 11 is 0. The van der Waals surface area contributed by atoms with Crippen molar-refractivity contribution in [1.82, 2.24) is 9.80 Å². The van der Waals surface area contributed by atoms with Gasteiger partial charge in [0, 0.05) is 32.1 Å². The Morgan fingerprint density at radius 1 is 1.35 bits per heavy atom. The van der Waals surface area contributed by atoms with Crippen molar-refractivity contribution in [1.29, 1.82) is 0 Å². The number of phenols is 1. The topological polar surface area (TPSA) is 60.9 Å². The molecule has 5 nitrogen and oxygen atoms in total. The summed E-state index contributed by atoms with van der Waals surface area (Å²) in [5, 5.41) is 10.0. The predicted octanol–water partition coefficient (Wildman–Crippen LogP) is 1.15. The van der Waals surface area contributed by atoms with Crippen molar-refractivity contribution < 1.29 is 14.7 Å². The fourth-order valence-corrected chi connectivity index (χ4v) is 3.05. The number of amides is 2. The van der Waals surface area contributed by atoms with Gasteiger partial charge in [-0.2, -0.15) is 0 Å². The van der Waals surface area contributed by atoms with Crippen LogP contribution >= 0.6 is 0 Å². The first-order chi connectivity index (χ1) is 9.58. The Bertz CT molecular complexity index is 570. The van der Waals surface area contributed by atoms with Gasteiger partial charge in [0.15, 0.2) is 0 Å². The molecule has 0 radical (unpaired) electrons. The monoisotopic (exact) mass is 274 g/mol. The lowest BCUT2D eigenvalue weighted by Crippen LogP contribution is -2.53. The van der Waals surface area contributed by atoms with E-state index in [0.29, 0.717) is 37.2 Å². The van der Waals surface area contributed by atoms with Crippen LogP contribution in [0.3, 0.4) is 0 Å². The van der Waals surface area contributed by atoms with Crippen LogP contribution in [-0.2, 0) is 4.79 Å². The van der Waals surface area contributed by atoms with Gasteiger partial charge >= 0.3 is 0 Å². The SMILES string of the molecule is Cc1cccc(C(=O)N2CCN3C(=O)CC[C@@H]3C2)c1O. The van der Waals surface area contributed by atoms with Crippen LogP contribution in [0.15, 0.2) is 18.2 Å². The molecule has 2 aliphatic heterocycles. The molecule has 0 unspecified atom stereocenters. The molecule has 106 valence electrons. The second-order valence-corrected chi connectivity index (χ2v) is 5.50. The molecular weight excluding hydrogens is 256 g/mol. The third-order valence-electron chi connectivity index (χ3n) is 4.25. The summed E-state index contributed by atoms with van der Waals surface area (Å²) in [5.74, 6) is 0.105. The van der Waals surface area contributed by atoms with E-state index in [4.69, 9.17) is 0 Å². The van der Waals surface area contributed by atoms with Crippen LogP contribution in [0.4, 0.5) is 0 Å². The van der Waals surface area contributed by atoms with Crippen molar-refractivity contribution in [2.75, 3.05) is 19.6 Å². The summed E-state index contributed by atoms with van der Waals surface area (Å²) in [4.78, 5) is 27.8. The first kappa shape index (κ1) is 13.0. The zero-order valence-corrected chi connectivity index (χ0v) is 11.5. The molecule has 0 spiro atoms. The average molecular weight is 274 g/mol. The Balaban J connectivity index is 1.79. The van der Waals surface area contributed by atoms with Crippen molar-refractivity contribution in [2.24, 2.45) is 0 Å². The van der Waals surface area contributed by atoms with E-state index < -0.39 is 0 Å². The molecule has 3 rings (SSSR count). The Morgan fingerprint density at radius 2 is 2.15 bits per heavy atom. The fourth-order valence-electron chi connectivity index (χ4n) is 3.05. The Hall–Kier alpha value is -2.04. The number of phenolic OH excluding ortho intramolecular Hbond substituents is 1. The third kappa shape index (κ3) is 2.03. The Kier molecular flexibility index (Phi) is 3.12. The zero-order valence-electron chi connectivity index (χ0n) is 11.5. The summed E-state index contributed by atoms with van der Waals surface area (Å²) in [7, 11) is 0. The van der Waals surface area contributed by atoms with Gasteiger partial charge < -0.3 is 14.9 Å². The number of aromatic hydroxyl groups is 1. The van der Waals surface area contributed by atoms with Gasteiger partial charge in [0.2, 0.25) is 5.91 Å². The number of benzene rings is 1. The van der Waals surface area contributed by atoms with E-state index in [1.54, 1.807) is 30.0 Å². The van der Waals surface area contributed by atoms with Gasteiger partial charge in [0.1, 0.15) is 5.75 Å². The molecular formula is C15H18N2O3. The predicted molar refractivity (Wildman–Crippen MR) is 73.5 cm³/mol. The van der Waals surface area contributed by atoms with Crippen LogP contribution < -0.4 is 0 Å². The number of carbonyl (C=O) groups is 2. The van der Waals surface area contributed by atoms with E-state index in [1.165, 1.54) is 0 Å². The Labute approximate surface area is 117 Å². The number of para-hydroxylation sites is 1.